The van der Waals surface area contributed by atoms with Crippen molar-refractivity contribution >= 4 is 17.3 Å². The number of rotatable bonds is 4. The van der Waals surface area contributed by atoms with Crippen molar-refractivity contribution in [2.24, 2.45) is 0 Å². The van der Waals surface area contributed by atoms with Crippen molar-refractivity contribution < 1.29 is 13.2 Å². The summed E-state index contributed by atoms with van der Waals surface area (Å²) in [5.74, 6) is 0. The maximum absolute atomic E-state index is 12.9. The molecule has 26 heavy (non-hydrogen) atoms. The summed E-state index contributed by atoms with van der Waals surface area (Å²) in [6.07, 6.45) is -3.68. The number of anilines is 1. The Hall–Kier alpha value is -1.72. The van der Waals surface area contributed by atoms with Gasteiger partial charge in [0.1, 0.15) is 0 Å². The van der Waals surface area contributed by atoms with Crippen LogP contribution in [0.15, 0.2) is 48.5 Å². The van der Waals surface area contributed by atoms with Crippen LogP contribution in [0, 0.1) is 0 Å². The molecular weight excluding hydrogens is 361 g/mol. The highest BCUT2D eigenvalue weighted by molar-refractivity contribution is 6.30. The lowest BCUT2D eigenvalue weighted by atomic mass is 10.0. The van der Waals surface area contributed by atoms with E-state index in [9.17, 15) is 13.2 Å². The van der Waals surface area contributed by atoms with E-state index in [0.29, 0.717) is 6.42 Å². The van der Waals surface area contributed by atoms with Gasteiger partial charge in [-0.15, -0.1) is 0 Å². The maximum Gasteiger partial charge on any atom is 0.416 e. The lowest BCUT2D eigenvalue weighted by molar-refractivity contribution is -0.137. The zero-order valence-corrected chi connectivity index (χ0v) is 15.4. The van der Waals surface area contributed by atoms with Crippen molar-refractivity contribution in [3.63, 3.8) is 0 Å². The maximum atomic E-state index is 12.9. The number of hydrogen-bond donors (Lipinski definition) is 0. The monoisotopic (exact) mass is 382 g/mol. The van der Waals surface area contributed by atoms with E-state index in [1.165, 1.54) is 12.1 Å². The third kappa shape index (κ3) is 4.71. The summed E-state index contributed by atoms with van der Waals surface area (Å²) in [4.78, 5) is 4.63. The molecule has 1 heterocycles. The van der Waals surface area contributed by atoms with E-state index >= 15 is 0 Å². The molecule has 0 saturated carbocycles. The van der Waals surface area contributed by atoms with Crippen LogP contribution >= 0.6 is 11.6 Å². The third-order valence-electron chi connectivity index (χ3n) is 4.90. The summed E-state index contributed by atoms with van der Waals surface area (Å²) in [7, 11) is 0. The van der Waals surface area contributed by atoms with E-state index in [1.54, 1.807) is 6.07 Å². The van der Waals surface area contributed by atoms with Crippen molar-refractivity contribution in [2.45, 2.75) is 25.6 Å². The average molecular weight is 383 g/mol. The van der Waals surface area contributed by atoms with Crippen LogP contribution in [0.3, 0.4) is 0 Å². The highest BCUT2D eigenvalue weighted by Gasteiger charge is 2.30. The van der Waals surface area contributed by atoms with Gasteiger partial charge < -0.3 is 4.90 Å². The smallest absolute Gasteiger partial charge is 0.369 e. The topological polar surface area (TPSA) is 6.48 Å². The summed E-state index contributed by atoms with van der Waals surface area (Å²) in [6.45, 7) is 5.61. The van der Waals surface area contributed by atoms with E-state index in [2.05, 4.69) is 16.7 Å². The third-order valence-corrected chi connectivity index (χ3v) is 5.13. The summed E-state index contributed by atoms with van der Waals surface area (Å²) >= 11 is 6.06. The highest BCUT2D eigenvalue weighted by atomic mass is 35.5. The van der Waals surface area contributed by atoms with Crippen LogP contribution in [0.25, 0.3) is 0 Å². The van der Waals surface area contributed by atoms with Crippen LogP contribution in [0.4, 0.5) is 18.9 Å². The molecule has 0 amide bonds. The molecule has 1 fully saturated rings. The molecule has 3 rings (SSSR count). The Kier molecular flexibility index (Phi) is 5.78. The summed E-state index contributed by atoms with van der Waals surface area (Å²) in [6, 6.07) is 13.7. The minimum Gasteiger partial charge on any atom is -0.369 e. The molecule has 0 aliphatic carbocycles. The molecule has 6 heteroatoms. The molecule has 0 spiro atoms. The van der Waals surface area contributed by atoms with Gasteiger partial charge in [-0.2, -0.15) is 13.2 Å². The average Bonchev–Trinajstić information content (AvgIpc) is 2.61. The number of hydrogen-bond acceptors (Lipinski definition) is 2. The van der Waals surface area contributed by atoms with Crippen molar-refractivity contribution in [3.05, 3.63) is 64.7 Å². The fourth-order valence-corrected chi connectivity index (χ4v) is 3.62. The first-order valence-corrected chi connectivity index (χ1v) is 9.11. The Bertz CT molecular complexity index is 740. The second-order valence-electron chi connectivity index (χ2n) is 6.75. The predicted octanol–water partition coefficient (Wildman–Crippen LogP) is 5.11. The fourth-order valence-electron chi connectivity index (χ4n) is 3.44. The van der Waals surface area contributed by atoms with E-state index in [-0.39, 0.29) is 6.04 Å². The number of nitrogens with zero attached hydrogens (tertiary/aromatic N) is 2. The lowest BCUT2D eigenvalue weighted by Crippen LogP contribution is -2.50. The number of halogens is 4. The molecule has 0 radical (unpaired) electrons. The van der Waals surface area contributed by atoms with Gasteiger partial charge in [-0.25, -0.2) is 0 Å². The molecule has 1 aliphatic heterocycles. The predicted molar refractivity (Wildman–Crippen MR) is 99.8 cm³/mol. The first-order valence-electron chi connectivity index (χ1n) is 8.73. The summed E-state index contributed by atoms with van der Waals surface area (Å²) in [5, 5.41) is 0.725. The first-order chi connectivity index (χ1) is 12.3. The number of piperazine rings is 1. The standard InChI is InChI=1S/C20H22ClF3N2/c1-15(12-16-4-2-5-17(13-16)20(22,23)24)25-8-10-26(11-9-25)19-7-3-6-18(21)14-19/h2-7,13-15H,8-12H2,1H3. The largest absolute Gasteiger partial charge is 0.416 e. The van der Waals surface area contributed by atoms with Gasteiger partial charge in [0.05, 0.1) is 5.56 Å². The van der Waals surface area contributed by atoms with Crippen molar-refractivity contribution in [3.8, 4) is 0 Å². The van der Waals surface area contributed by atoms with Crippen LogP contribution in [-0.4, -0.2) is 37.1 Å². The van der Waals surface area contributed by atoms with Gasteiger partial charge in [0.2, 0.25) is 0 Å². The lowest BCUT2D eigenvalue weighted by Gasteiger charge is -2.39. The molecular formula is C20H22ClF3N2. The minimum atomic E-state index is -4.29. The molecule has 0 aromatic heterocycles. The van der Waals surface area contributed by atoms with E-state index in [4.69, 9.17) is 11.6 Å². The Morgan fingerprint density at radius 2 is 1.69 bits per heavy atom. The fraction of sp³-hybridized carbons (Fsp3) is 0.400. The van der Waals surface area contributed by atoms with Crippen LogP contribution in [-0.2, 0) is 12.6 Å². The molecule has 1 atom stereocenters. The molecule has 0 N–H and O–H groups in total. The van der Waals surface area contributed by atoms with E-state index in [0.717, 1.165) is 48.5 Å². The van der Waals surface area contributed by atoms with Crippen LogP contribution < -0.4 is 4.90 Å². The molecule has 2 aromatic carbocycles. The summed E-state index contributed by atoms with van der Waals surface area (Å²) < 4.78 is 38.6. The van der Waals surface area contributed by atoms with Crippen molar-refractivity contribution in [1.82, 2.24) is 4.90 Å². The molecule has 2 nitrogen and oxygen atoms in total. The Balaban J connectivity index is 1.58. The SMILES string of the molecule is CC(Cc1cccc(C(F)(F)F)c1)N1CCN(c2cccc(Cl)c2)CC1. The molecule has 1 aliphatic rings. The molecule has 1 unspecified atom stereocenters. The van der Waals surface area contributed by atoms with Crippen LogP contribution in [0.2, 0.25) is 5.02 Å². The Morgan fingerprint density at radius 1 is 1.00 bits per heavy atom. The highest BCUT2D eigenvalue weighted by Crippen LogP contribution is 2.30. The number of alkyl halides is 3. The van der Waals surface area contributed by atoms with Gasteiger partial charge in [-0.1, -0.05) is 35.9 Å². The Morgan fingerprint density at radius 3 is 2.35 bits per heavy atom. The van der Waals surface area contributed by atoms with Gasteiger partial charge in [0.15, 0.2) is 0 Å². The van der Waals surface area contributed by atoms with E-state index in [1.807, 2.05) is 24.3 Å². The van der Waals surface area contributed by atoms with E-state index < -0.39 is 11.7 Å². The molecule has 0 bridgehead atoms. The zero-order valence-electron chi connectivity index (χ0n) is 14.6. The molecule has 140 valence electrons. The van der Waals surface area contributed by atoms with Crippen LogP contribution in [0.5, 0.6) is 0 Å². The molecule has 2 aromatic rings. The van der Waals surface area contributed by atoms with Gasteiger partial charge in [0, 0.05) is 42.9 Å². The quantitative estimate of drug-likeness (QED) is 0.724. The second kappa shape index (κ2) is 7.89. The van der Waals surface area contributed by atoms with Gasteiger partial charge in [-0.05, 0) is 43.2 Å². The zero-order chi connectivity index (χ0) is 18.7. The Labute approximate surface area is 157 Å². The first kappa shape index (κ1) is 19.1. The van der Waals surface area contributed by atoms with Gasteiger partial charge >= 0.3 is 6.18 Å². The second-order valence-corrected chi connectivity index (χ2v) is 7.19. The molecule has 1 saturated heterocycles. The summed E-state index contributed by atoms with van der Waals surface area (Å²) in [5.41, 5.74) is 1.26. The normalized spacial score (nSPS) is 17.3. The minimum absolute atomic E-state index is 0.194. The van der Waals surface area contributed by atoms with Crippen LogP contribution in [0.1, 0.15) is 18.1 Å². The van der Waals surface area contributed by atoms with Crippen molar-refractivity contribution in [1.29, 1.82) is 0 Å². The van der Waals surface area contributed by atoms with Gasteiger partial charge in [-0.3, -0.25) is 4.90 Å². The van der Waals surface area contributed by atoms with Crippen molar-refractivity contribution in [2.75, 3.05) is 31.1 Å². The van der Waals surface area contributed by atoms with Gasteiger partial charge in [0.25, 0.3) is 0 Å². The number of benzene rings is 2.